The van der Waals surface area contributed by atoms with Gasteiger partial charge in [-0.25, -0.2) is 4.98 Å². The normalized spacial score (nSPS) is 14.2. The van der Waals surface area contributed by atoms with Gasteiger partial charge in [0.05, 0.1) is 5.02 Å². The minimum absolute atomic E-state index is 0.0352. The number of piperidine rings is 1. The number of nitrogens with one attached hydrogen (secondary N) is 2. The molecule has 0 spiro atoms. The molecule has 2 amide bonds. The molecule has 2 aromatic heterocycles. The number of rotatable bonds is 5. The number of benzene rings is 2. The number of furan rings is 1. The third-order valence-corrected chi connectivity index (χ3v) is 6.23. The lowest BCUT2D eigenvalue weighted by molar-refractivity contribution is -0.120. The molecule has 8 heteroatoms. The van der Waals surface area contributed by atoms with Crippen LogP contribution < -0.4 is 15.5 Å². The molecule has 2 N–H and O–H groups in total. The molecule has 2 aromatic carbocycles. The van der Waals surface area contributed by atoms with Gasteiger partial charge in [-0.05, 0) is 49.2 Å². The van der Waals surface area contributed by atoms with Crippen LogP contribution in [-0.2, 0) is 4.79 Å². The van der Waals surface area contributed by atoms with Crippen molar-refractivity contribution in [3.63, 3.8) is 0 Å². The number of hydrogen-bond acceptors (Lipinski definition) is 5. The van der Waals surface area contributed by atoms with E-state index in [9.17, 15) is 9.59 Å². The maximum absolute atomic E-state index is 13.2. The van der Waals surface area contributed by atoms with Crippen molar-refractivity contribution in [1.82, 2.24) is 4.98 Å². The SMILES string of the molecule is O=C(Nc1ccc(Cl)cn1)c1oc2ccccc2c1NC(=O)C1CCN(c2ccccc2)CC1. The summed E-state index contributed by atoms with van der Waals surface area (Å²) in [5, 5.41) is 6.82. The molecule has 0 aliphatic carbocycles. The largest absolute Gasteiger partial charge is 0.449 e. The van der Waals surface area contributed by atoms with Crippen molar-refractivity contribution in [2.45, 2.75) is 12.8 Å². The van der Waals surface area contributed by atoms with Crippen LogP contribution in [0.25, 0.3) is 11.0 Å². The fourth-order valence-corrected chi connectivity index (χ4v) is 4.33. The van der Waals surface area contributed by atoms with Gasteiger partial charge in [0, 0.05) is 36.3 Å². The number of amides is 2. The van der Waals surface area contributed by atoms with Crippen LogP contribution in [-0.4, -0.2) is 29.9 Å². The molecule has 4 aromatic rings. The van der Waals surface area contributed by atoms with Gasteiger partial charge >= 0.3 is 0 Å². The van der Waals surface area contributed by atoms with Crippen LogP contribution in [0.4, 0.5) is 17.2 Å². The maximum atomic E-state index is 13.2. The van der Waals surface area contributed by atoms with Crippen LogP contribution in [0.1, 0.15) is 23.4 Å². The standard InChI is InChI=1S/C26H23ClN4O3/c27-18-10-11-22(28-16-18)29-26(33)24-23(20-8-4-5-9-21(20)34-24)30-25(32)17-12-14-31(15-13-17)19-6-2-1-3-7-19/h1-11,16-17H,12-15H2,(H,30,32)(H,28,29,33). The fraction of sp³-hybridized carbons (Fsp3) is 0.192. The summed E-state index contributed by atoms with van der Waals surface area (Å²) < 4.78 is 5.83. The second-order valence-corrected chi connectivity index (χ2v) is 8.64. The first-order valence-corrected chi connectivity index (χ1v) is 11.5. The van der Waals surface area contributed by atoms with Crippen LogP contribution in [0.3, 0.4) is 0 Å². The van der Waals surface area contributed by atoms with Crippen molar-refractivity contribution in [3.8, 4) is 0 Å². The summed E-state index contributed by atoms with van der Waals surface area (Å²) in [5.74, 6) is -0.394. The van der Waals surface area contributed by atoms with Crippen molar-refractivity contribution in [1.29, 1.82) is 0 Å². The molecular weight excluding hydrogens is 452 g/mol. The van der Waals surface area contributed by atoms with Gasteiger partial charge in [-0.1, -0.05) is 41.9 Å². The summed E-state index contributed by atoms with van der Waals surface area (Å²) in [7, 11) is 0. The highest BCUT2D eigenvalue weighted by Gasteiger charge is 2.28. The lowest BCUT2D eigenvalue weighted by Crippen LogP contribution is -2.38. The number of aromatic nitrogens is 1. The zero-order valence-electron chi connectivity index (χ0n) is 18.3. The zero-order chi connectivity index (χ0) is 23.5. The van der Waals surface area contributed by atoms with Crippen molar-refractivity contribution in [2.24, 2.45) is 5.92 Å². The summed E-state index contributed by atoms with van der Waals surface area (Å²) in [6.45, 7) is 1.59. The Labute approximate surface area is 201 Å². The molecule has 34 heavy (non-hydrogen) atoms. The summed E-state index contributed by atoms with van der Waals surface area (Å²) in [5.41, 5.74) is 2.06. The minimum atomic E-state index is -0.500. The molecule has 1 fully saturated rings. The molecule has 0 bridgehead atoms. The minimum Gasteiger partial charge on any atom is -0.449 e. The topological polar surface area (TPSA) is 87.5 Å². The van der Waals surface area contributed by atoms with E-state index in [1.807, 2.05) is 36.4 Å². The number of para-hydroxylation sites is 2. The average Bonchev–Trinajstić information content (AvgIpc) is 3.24. The van der Waals surface area contributed by atoms with E-state index in [1.165, 1.54) is 6.20 Å². The number of anilines is 3. The van der Waals surface area contributed by atoms with Gasteiger partial charge in [0.25, 0.3) is 5.91 Å². The third-order valence-electron chi connectivity index (χ3n) is 6.01. The quantitative estimate of drug-likeness (QED) is 0.393. The summed E-state index contributed by atoms with van der Waals surface area (Å²) in [4.78, 5) is 32.6. The third kappa shape index (κ3) is 4.61. The maximum Gasteiger partial charge on any atom is 0.294 e. The predicted octanol–water partition coefficient (Wildman–Crippen LogP) is 5.59. The van der Waals surface area contributed by atoms with E-state index >= 15 is 0 Å². The number of hydrogen-bond donors (Lipinski definition) is 2. The lowest BCUT2D eigenvalue weighted by atomic mass is 9.95. The second kappa shape index (κ2) is 9.57. The van der Waals surface area contributed by atoms with E-state index in [2.05, 4.69) is 32.7 Å². The smallest absolute Gasteiger partial charge is 0.294 e. The van der Waals surface area contributed by atoms with Gasteiger partial charge in [-0.15, -0.1) is 0 Å². The van der Waals surface area contributed by atoms with Gasteiger partial charge in [0.15, 0.2) is 0 Å². The Balaban J connectivity index is 1.33. The van der Waals surface area contributed by atoms with Crippen LogP contribution in [0.15, 0.2) is 77.3 Å². The molecular formula is C26H23ClN4O3. The van der Waals surface area contributed by atoms with Crippen LogP contribution in [0.5, 0.6) is 0 Å². The van der Waals surface area contributed by atoms with E-state index in [4.69, 9.17) is 16.0 Å². The molecule has 0 radical (unpaired) electrons. The van der Waals surface area contributed by atoms with Gasteiger partial charge in [0.2, 0.25) is 11.7 Å². The zero-order valence-corrected chi connectivity index (χ0v) is 19.1. The molecule has 0 saturated carbocycles. The van der Waals surface area contributed by atoms with Crippen molar-refractivity contribution >= 4 is 51.6 Å². The molecule has 1 aliphatic rings. The van der Waals surface area contributed by atoms with E-state index in [1.54, 1.807) is 18.2 Å². The number of pyridine rings is 1. The highest BCUT2D eigenvalue weighted by Crippen LogP contribution is 2.33. The predicted molar refractivity (Wildman–Crippen MR) is 133 cm³/mol. The Morgan fingerprint density at radius 3 is 2.41 bits per heavy atom. The molecule has 0 atom stereocenters. The van der Waals surface area contributed by atoms with Crippen molar-refractivity contribution in [2.75, 3.05) is 28.6 Å². The number of halogens is 1. The Hall–Kier alpha value is -3.84. The molecule has 1 saturated heterocycles. The monoisotopic (exact) mass is 474 g/mol. The van der Waals surface area contributed by atoms with E-state index < -0.39 is 5.91 Å². The Morgan fingerprint density at radius 2 is 1.68 bits per heavy atom. The average molecular weight is 475 g/mol. The number of carbonyl (C=O) groups excluding carboxylic acids is 2. The van der Waals surface area contributed by atoms with E-state index in [-0.39, 0.29) is 17.6 Å². The number of nitrogens with zero attached hydrogens (tertiary/aromatic N) is 2. The van der Waals surface area contributed by atoms with Crippen molar-refractivity contribution < 1.29 is 14.0 Å². The first-order valence-electron chi connectivity index (χ1n) is 11.1. The number of carbonyl (C=O) groups is 2. The Kier molecular flexibility index (Phi) is 6.18. The van der Waals surface area contributed by atoms with Gasteiger partial charge in [0.1, 0.15) is 17.1 Å². The highest BCUT2D eigenvalue weighted by molar-refractivity contribution is 6.30. The lowest BCUT2D eigenvalue weighted by Gasteiger charge is -2.33. The molecule has 0 unspecified atom stereocenters. The highest BCUT2D eigenvalue weighted by atomic mass is 35.5. The Bertz CT molecular complexity index is 1310. The first kappa shape index (κ1) is 22.0. The summed E-state index contributed by atoms with van der Waals surface area (Å²) >= 11 is 5.87. The fourth-order valence-electron chi connectivity index (χ4n) is 4.22. The van der Waals surface area contributed by atoms with Gasteiger partial charge < -0.3 is 20.0 Å². The van der Waals surface area contributed by atoms with Crippen LogP contribution >= 0.6 is 11.6 Å². The Morgan fingerprint density at radius 1 is 0.941 bits per heavy atom. The van der Waals surface area contributed by atoms with E-state index in [0.29, 0.717) is 27.5 Å². The molecule has 7 nitrogen and oxygen atoms in total. The number of fused-ring (bicyclic) bond motifs is 1. The summed E-state index contributed by atoms with van der Waals surface area (Å²) in [6, 6.07) is 20.7. The summed E-state index contributed by atoms with van der Waals surface area (Å²) in [6.07, 6.45) is 2.90. The van der Waals surface area contributed by atoms with Crippen LogP contribution in [0.2, 0.25) is 5.02 Å². The molecule has 1 aliphatic heterocycles. The first-order chi connectivity index (χ1) is 16.6. The van der Waals surface area contributed by atoms with E-state index in [0.717, 1.165) is 31.6 Å². The van der Waals surface area contributed by atoms with Gasteiger partial charge in [-0.2, -0.15) is 0 Å². The van der Waals surface area contributed by atoms with Crippen LogP contribution in [0, 0.1) is 5.92 Å². The molecule has 172 valence electrons. The van der Waals surface area contributed by atoms with Crippen molar-refractivity contribution in [3.05, 3.63) is 83.7 Å². The molecule has 5 rings (SSSR count). The van der Waals surface area contributed by atoms with Gasteiger partial charge in [-0.3, -0.25) is 9.59 Å². The second-order valence-electron chi connectivity index (χ2n) is 8.20. The molecule has 3 heterocycles.